The topological polar surface area (TPSA) is 70.8 Å². The molecule has 0 amide bonds. The Labute approximate surface area is 99.1 Å². The highest BCUT2D eigenvalue weighted by molar-refractivity contribution is 7.91. The van der Waals surface area contributed by atoms with Crippen LogP contribution in [0, 0.1) is 11.3 Å². The standard InChI is InChI=1S/C12H8N2O2S/c13-9-10-6-7-14-12(8-10)17(15,16)11-4-2-1-3-5-11/h1-8H. The first-order valence-electron chi connectivity index (χ1n) is 4.81. The average molecular weight is 244 g/mol. The molecule has 4 nitrogen and oxygen atoms in total. The van der Waals surface area contributed by atoms with Crippen molar-refractivity contribution in [1.82, 2.24) is 4.98 Å². The number of sulfone groups is 1. The first kappa shape index (κ1) is 11.3. The van der Waals surface area contributed by atoms with Crippen molar-refractivity contribution in [2.24, 2.45) is 0 Å². The Morgan fingerprint density at radius 1 is 1.12 bits per heavy atom. The summed E-state index contributed by atoms with van der Waals surface area (Å²) in [4.78, 5) is 3.97. The number of rotatable bonds is 2. The normalized spacial score (nSPS) is 10.8. The summed E-state index contributed by atoms with van der Waals surface area (Å²) in [6.45, 7) is 0. The maximum absolute atomic E-state index is 12.1. The van der Waals surface area contributed by atoms with E-state index in [0.717, 1.165) is 0 Å². The Kier molecular flexibility index (Phi) is 2.90. The predicted octanol–water partition coefficient (Wildman–Crippen LogP) is 1.79. The van der Waals surface area contributed by atoms with E-state index in [1.807, 2.05) is 6.07 Å². The summed E-state index contributed by atoms with van der Waals surface area (Å²) in [5.74, 6) is 0. The van der Waals surface area contributed by atoms with Gasteiger partial charge < -0.3 is 0 Å². The number of aromatic nitrogens is 1. The summed E-state index contributed by atoms with van der Waals surface area (Å²) in [7, 11) is -3.63. The van der Waals surface area contributed by atoms with E-state index < -0.39 is 9.84 Å². The molecule has 5 heteroatoms. The zero-order valence-corrected chi connectivity index (χ0v) is 9.55. The molecular formula is C12H8N2O2S. The average Bonchev–Trinajstić information content (AvgIpc) is 2.40. The van der Waals surface area contributed by atoms with Crippen molar-refractivity contribution < 1.29 is 8.42 Å². The van der Waals surface area contributed by atoms with Gasteiger partial charge in [0.25, 0.3) is 0 Å². The molecule has 1 heterocycles. The molecular weight excluding hydrogens is 236 g/mol. The summed E-state index contributed by atoms with van der Waals surface area (Å²) in [5.41, 5.74) is 0.273. The third-order valence-corrected chi connectivity index (χ3v) is 3.86. The quantitative estimate of drug-likeness (QED) is 0.807. The van der Waals surface area contributed by atoms with E-state index >= 15 is 0 Å². The van der Waals surface area contributed by atoms with E-state index in [2.05, 4.69) is 4.98 Å². The van der Waals surface area contributed by atoms with Crippen molar-refractivity contribution in [3.8, 4) is 6.07 Å². The number of pyridine rings is 1. The highest BCUT2D eigenvalue weighted by atomic mass is 32.2. The van der Waals surface area contributed by atoms with Gasteiger partial charge in [0.1, 0.15) is 0 Å². The first-order chi connectivity index (χ1) is 8.14. The number of hydrogen-bond acceptors (Lipinski definition) is 4. The molecule has 0 bridgehead atoms. The van der Waals surface area contributed by atoms with Crippen LogP contribution < -0.4 is 0 Å². The van der Waals surface area contributed by atoms with Crippen molar-refractivity contribution in [2.75, 3.05) is 0 Å². The van der Waals surface area contributed by atoms with Crippen molar-refractivity contribution >= 4 is 9.84 Å². The maximum Gasteiger partial charge on any atom is 0.223 e. The maximum atomic E-state index is 12.1. The lowest BCUT2D eigenvalue weighted by molar-refractivity contribution is 0.592. The molecule has 0 radical (unpaired) electrons. The van der Waals surface area contributed by atoms with E-state index in [1.54, 1.807) is 18.2 Å². The molecule has 0 saturated carbocycles. The summed E-state index contributed by atoms with van der Waals surface area (Å²) in [6.07, 6.45) is 1.31. The molecule has 0 unspecified atom stereocenters. The van der Waals surface area contributed by atoms with E-state index in [4.69, 9.17) is 5.26 Å². The largest absolute Gasteiger partial charge is 0.244 e. The molecule has 0 aliphatic carbocycles. The Bertz CT molecular complexity index is 673. The van der Waals surface area contributed by atoms with Gasteiger partial charge in [-0.1, -0.05) is 18.2 Å². The van der Waals surface area contributed by atoms with Crippen LogP contribution in [0.25, 0.3) is 0 Å². The summed E-state index contributed by atoms with van der Waals surface area (Å²) in [5, 5.41) is 8.62. The molecule has 0 N–H and O–H groups in total. The number of nitrogens with zero attached hydrogens (tertiary/aromatic N) is 2. The van der Waals surface area contributed by atoms with Gasteiger partial charge in [-0.2, -0.15) is 5.26 Å². The van der Waals surface area contributed by atoms with Crippen LogP contribution in [-0.4, -0.2) is 13.4 Å². The molecule has 0 aliphatic rings. The van der Waals surface area contributed by atoms with E-state index in [-0.39, 0.29) is 15.5 Å². The molecule has 1 aromatic carbocycles. The van der Waals surface area contributed by atoms with Crippen molar-refractivity contribution in [3.05, 3.63) is 54.2 Å². The third-order valence-electron chi connectivity index (χ3n) is 2.19. The molecule has 1 aromatic heterocycles. The molecule has 0 fully saturated rings. The van der Waals surface area contributed by atoms with Crippen LogP contribution in [0.1, 0.15) is 5.56 Å². The van der Waals surface area contributed by atoms with Crippen LogP contribution in [0.4, 0.5) is 0 Å². The minimum Gasteiger partial charge on any atom is -0.244 e. The second-order valence-corrected chi connectivity index (χ2v) is 5.21. The van der Waals surface area contributed by atoms with Gasteiger partial charge in [-0.15, -0.1) is 0 Å². The van der Waals surface area contributed by atoms with Crippen molar-refractivity contribution in [3.63, 3.8) is 0 Å². The Morgan fingerprint density at radius 2 is 1.82 bits per heavy atom. The second-order valence-electron chi connectivity index (χ2n) is 3.31. The fraction of sp³-hybridized carbons (Fsp3) is 0. The molecule has 0 spiro atoms. The zero-order valence-electron chi connectivity index (χ0n) is 8.74. The van der Waals surface area contributed by atoms with Crippen LogP contribution >= 0.6 is 0 Å². The monoisotopic (exact) mass is 244 g/mol. The lowest BCUT2D eigenvalue weighted by Crippen LogP contribution is -2.04. The molecule has 0 saturated heterocycles. The van der Waals surface area contributed by atoms with E-state index in [1.165, 1.54) is 30.5 Å². The number of hydrogen-bond donors (Lipinski definition) is 0. The summed E-state index contributed by atoms with van der Waals surface area (Å²) < 4.78 is 24.3. The van der Waals surface area contributed by atoms with E-state index in [0.29, 0.717) is 0 Å². The van der Waals surface area contributed by atoms with Gasteiger partial charge in [-0.25, -0.2) is 13.4 Å². The number of benzene rings is 1. The van der Waals surface area contributed by atoms with Gasteiger partial charge in [0.2, 0.25) is 9.84 Å². The van der Waals surface area contributed by atoms with Crippen LogP contribution in [0.2, 0.25) is 0 Å². The smallest absolute Gasteiger partial charge is 0.223 e. The molecule has 0 aliphatic heterocycles. The third kappa shape index (κ3) is 2.17. The molecule has 17 heavy (non-hydrogen) atoms. The molecule has 0 atom stereocenters. The van der Waals surface area contributed by atoms with Crippen LogP contribution in [0.5, 0.6) is 0 Å². The summed E-state index contributed by atoms with van der Waals surface area (Å²) >= 11 is 0. The van der Waals surface area contributed by atoms with Gasteiger partial charge in [0.15, 0.2) is 5.03 Å². The van der Waals surface area contributed by atoms with Crippen LogP contribution in [-0.2, 0) is 9.84 Å². The van der Waals surface area contributed by atoms with Gasteiger partial charge >= 0.3 is 0 Å². The molecule has 2 rings (SSSR count). The highest BCUT2D eigenvalue weighted by Crippen LogP contribution is 2.18. The second kappa shape index (κ2) is 4.36. The predicted molar refractivity (Wildman–Crippen MR) is 60.8 cm³/mol. The Balaban J connectivity index is 2.57. The fourth-order valence-electron chi connectivity index (χ4n) is 1.35. The lowest BCUT2D eigenvalue weighted by atomic mass is 10.3. The molecule has 84 valence electrons. The molecule has 2 aromatic rings. The zero-order chi connectivity index (χ0) is 12.3. The van der Waals surface area contributed by atoms with Gasteiger partial charge in [0, 0.05) is 6.20 Å². The minimum absolute atomic E-state index is 0.109. The van der Waals surface area contributed by atoms with Gasteiger partial charge in [-0.3, -0.25) is 0 Å². The van der Waals surface area contributed by atoms with Gasteiger partial charge in [-0.05, 0) is 24.3 Å². The first-order valence-corrected chi connectivity index (χ1v) is 6.29. The van der Waals surface area contributed by atoms with Crippen LogP contribution in [0.3, 0.4) is 0 Å². The van der Waals surface area contributed by atoms with Crippen LogP contribution in [0.15, 0.2) is 58.6 Å². The van der Waals surface area contributed by atoms with Gasteiger partial charge in [0.05, 0.1) is 16.5 Å². The fourth-order valence-corrected chi connectivity index (χ4v) is 2.59. The number of nitriles is 1. The van der Waals surface area contributed by atoms with E-state index in [9.17, 15) is 8.42 Å². The van der Waals surface area contributed by atoms with Crippen molar-refractivity contribution in [1.29, 1.82) is 5.26 Å². The Hall–Kier alpha value is -2.19. The minimum atomic E-state index is -3.63. The SMILES string of the molecule is N#Cc1ccnc(S(=O)(=O)c2ccccc2)c1. The van der Waals surface area contributed by atoms with Crippen molar-refractivity contribution in [2.45, 2.75) is 9.92 Å². The lowest BCUT2D eigenvalue weighted by Gasteiger charge is -2.03. The highest BCUT2D eigenvalue weighted by Gasteiger charge is 2.18. The summed E-state index contributed by atoms with van der Waals surface area (Å²) in [6, 6.07) is 12.6. The Morgan fingerprint density at radius 3 is 2.47 bits per heavy atom.